The molecule has 28 heavy (non-hydrogen) atoms. The normalized spacial score (nSPS) is 14.8. The Bertz CT molecular complexity index is 1000. The highest BCUT2D eigenvalue weighted by Gasteiger charge is 2.12. The average Bonchev–Trinajstić information content (AvgIpc) is 2.73. The maximum absolute atomic E-state index is 12.8. The maximum atomic E-state index is 12.8. The molecule has 0 radical (unpaired) electrons. The van der Waals surface area contributed by atoms with Crippen LogP contribution in [0.2, 0.25) is 0 Å². The van der Waals surface area contributed by atoms with Gasteiger partial charge in [0.05, 0.1) is 17.7 Å². The van der Waals surface area contributed by atoms with Crippen molar-refractivity contribution in [2.24, 2.45) is 0 Å². The molecule has 1 aliphatic rings. The molecule has 0 amide bonds. The number of anilines is 1. The Morgan fingerprint density at radius 2 is 1.64 bits per heavy atom. The fourth-order valence-electron chi connectivity index (χ4n) is 4.05. The summed E-state index contributed by atoms with van der Waals surface area (Å²) in [5.74, 6) is 0. The Morgan fingerprint density at radius 1 is 0.964 bits per heavy atom. The molecule has 0 unspecified atom stereocenters. The van der Waals surface area contributed by atoms with E-state index in [1.807, 2.05) is 38.2 Å². The first-order valence-corrected chi connectivity index (χ1v) is 10.1. The Morgan fingerprint density at radius 3 is 2.36 bits per heavy atom. The van der Waals surface area contributed by atoms with E-state index in [0.717, 1.165) is 36.1 Å². The van der Waals surface area contributed by atoms with Crippen molar-refractivity contribution in [2.45, 2.75) is 39.4 Å². The quantitative estimate of drug-likeness (QED) is 0.679. The molecule has 5 heteroatoms. The average molecular weight is 377 g/mol. The van der Waals surface area contributed by atoms with Crippen LogP contribution in [0.15, 0.2) is 53.3 Å². The van der Waals surface area contributed by atoms with E-state index in [0.29, 0.717) is 6.67 Å². The molecular weight excluding hydrogens is 348 g/mol. The molecule has 5 nitrogen and oxygen atoms in total. The van der Waals surface area contributed by atoms with Gasteiger partial charge in [-0.05, 0) is 57.0 Å². The summed E-state index contributed by atoms with van der Waals surface area (Å²) in [6.07, 6.45) is 3.93. The van der Waals surface area contributed by atoms with Gasteiger partial charge in [-0.2, -0.15) is 5.10 Å². The molecule has 146 valence electrons. The monoisotopic (exact) mass is 376 g/mol. The van der Waals surface area contributed by atoms with Gasteiger partial charge in [0.25, 0.3) is 5.56 Å². The lowest BCUT2D eigenvalue weighted by Crippen LogP contribution is -2.32. The van der Waals surface area contributed by atoms with Crippen LogP contribution in [0.25, 0.3) is 10.8 Å². The highest BCUT2D eigenvalue weighted by atomic mass is 16.1. The highest BCUT2D eigenvalue weighted by Crippen LogP contribution is 2.20. The fourth-order valence-corrected chi connectivity index (χ4v) is 4.05. The largest absolute Gasteiger partial charge is 0.372 e. The van der Waals surface area contributed by atoms with Crippen molar-refractivity contribution in [1.82, 2.24) is 14.7 Å². The summed E-state index contributed by atoms with van der Waals surface area (Å²) in [5.41, 5.74) is 3.41. The molecule has 1 fully saturated rings. The van der Waals surface area contributed by atoms with E-state index in [1.54, 1.807) is 4.68 Å². The zero-order chi connectivity index (χ0) is 19.5. The number of rotatable bonds is 5. The lowest BCUT2D eigenvalue weighted by molar-refractivity contribution is 0.240. The summed E-state index contributed by atoms with van der Waals surface area (Å²) in [5, 5.41) is 6.17. The van der Waals surface area contributed by atoms with E-state index in [2.05, 4.69) is 39.2 Å². The van der Waals surface area contributed by atoms with Gasteiger partial charge >= 0.3 is 0 Å². The van der Waals surface area contributed by atoms with E-state index < -0.39 is 0 Å². The molecule has 0 atom stereocenters. The SMILES string of the molecule is Cc1nn(CN(C)Cc2ccc(N3CCCCC3)cc2)c(=O)c2ccccc12. The molecular formula is C23H28N4O. The van der Waals surface area contributed by atoms with Crippen LogP contribution in [-0.4, -0.2) is 34.8 Å². The molecule has 0 bridgehead atoms. The van der Waals surface area contributed by atoms with E-state index in [9.17, 15) is 4.79 Å². The summed E-state index contributed by atoms with van der Waals surface area (Å²) >= 11 is 0. The van der Waals surface area contributed by atoms with Gasteiger partial charge in [-0.15, -0.1) is 0 Å². The first-order valence-electron chi connectivity index (χ1n) is 10.1. The third kappa shape index (κ3) is 3.94. The number of hydrogen-bond acceptors (Lipinski definition) is 4. The summed E-state index contributed by atoms with van der Waals surface area (Å²) in [7, 11) is 2.02. The molecule has 3 aromatic rings. The molecule has 0 spiro atoms. The van der Waals surface area contributed by atoms with Crippen LogP contribution < -0.4 is 10.5 Å². The van der Waals surface area contributed by atoms with Crippen molar-refractivity contribution in [3.05, 3.63) is 70.1 Å². The van der Waals surface area contributed by atoms with Crippen molar-refractivity contribution in [3.63, 3.8) is 0 Å². The first kappa shape index (κ1) is 18.7. The molecule has 2 aromatic carbocycles. The van der Waals surface area contributed by atoms with Crippen LogP contribution in [-0.2, 0) is 13.2 Å². The minimum absolute atomic E-state index is 0.0338. The molecule has 2 heterocycles. The van der Waals surface area contributed by atoms with Crippen LogP contribution in [0.4, 0.5) is 5.69 Å². The smallest absolute Gasteiger partial charge is 0.275 e. The minimum atomic E-state index is -0.0338. The summed E-state index contributed by atoms with van der Waals surface area (Å²) in [6.45, 7) is 5.53. The predicted molar refractivity (Wildman–Crippen MR) is 115 cm³/mol. The highest BCUT2D eigenvalue weighted by molar-refractivity contribution is 5.83. The second-order valence-corrected chi connectivity index (χ2v) is 7.81. The molecule has 1 saturated heterocycles. The van der Waals surface area contributed by atoms with Crippen molar-refractivity contribution in [3.8, 4) is 0 Å². The molecule has 0 N–H and O–H groups in total. The summed E-state index contributed by atoms with van der Waals surface area (Å²) in [4.78, 5) is 17.4. The van der Waals surface area contributed by atoms with Gasteiger partial charge in [-0.1, -0.05) is 30.3 Å². The van der Waals surface area contributed by atoms with Crippen LogP contribution in [0.3, 0.4) is 0 Å². The van der Waals surface area contributed by atoms with Crippen LogP contribution in [0.1, 0.15) is 30.5 Å². The third-order valence-electron chi connectivity index (χ3n) is 5.54. The summed E-state index contributed by atoms with van der Waals surface area (Å²) < 4.78 is 1.57. The molecule has 0 aliphatic carbocycles. The molecule has 1 aliphatic heterocycles. The predicted octanol–water partition coefficient (Wildman–Crippen LogP) is 3.78. The molecule has 4 rings (SSSR count). The number of hydrogen-bond donors (Lipinski definition) is 0. The van der Waals surface area contributed by atoms with E-state index in [-0.39, 0.29) is 5.56 Å². The van der Waals surface area contributed by atoms with E-state index in [4.69, 9.17) is 0 Å². The molecule has 0 saturated carbocycles. The van der Waals surface area contributed by atoms with Crippen molar-refractivity contribution in [2.75, 3.05) is 25.0 Å². The Labute approximate surface area is 166 Å². The Kier molecular flexibility index (Phi) is 5.44. The zero-order valence-electron chi connectivity index (χ0n) is 16.8. The van der Waals surface area contributed by atoms with Crippen LogP contribution in [0.5, 0.6) is 0 Å². The summed E-state index contributed by atoms with van der Waals surface area (Å²) in [6, 6.07) is 16.5. The van der Waals surface area contributed by atoms with Crippen LogP contribution >= 0.6 is 0 Å². The van der Waals surface area contributed by atoms with Gasteiger partial charge < -0.3 is 4.90 Å². The second-order valence-electron chi connectivity index (χ2n) is 7.81. The first-order chi connectivity index (χ1) is 13.6. The van der Waals surface area contributed by atoms with Gasteiger partial charge in [-0.25, -0.2) is 4.68 Å². The Balaban J connectivity index is 1.46. The minimum Gasteiger partial charge on any atom is -0.372 e. The third-order valence-corrected chi connectivity index (χ3v) is 5.54. The molecule has 1 aromatic heterocycles. The number of piperidine rings is 1. The zero-order valence-corrected chi connectivity index (χ0v) is 16.8. The van der Waals surface area contributed by atoms with Gasteiger partial charge in [0, 0.05) is 30.7 Å². The van der Waals surface area contributed by atoms with Crippen LogP contribution in [0, 0.1) is 6.92 Å². The number of aromatic nitrogens is 2. The van der Waals surface area contributed by atoms with Crippen molar-refractivity contribution >= 4 is 16.5 Å². The van der Waals surface area contributed by atoms with Gasteiger partial charge in [0.1, 0.15) is 0 Å². The van der Waals surface area contributed by atoms with Crippen molar-refractivity contribution < 1.29 is 0 Å². The second kappa shape index (κ2) is 8.15. The number of aryl methyl sites for hydroxylation is 1. The maximum Gasteiger partial charge on any atom is 0.275 e. The number of nitrogens with zero attached hydrogens (tertiary/aromatic N) is 4. The van der Waals surface area contributed by atoms with Gasteiger partial charge in [0.2, 0.25) is 0 Å². The van der Waals surface area contributed by atoms with Gasteiger partial charge in [-0.3, -0.25) is 9.69 Å². The fraction of sp³-hybridized carbons (Fsp3) is 0.391. The lowest BCUT2D eigenvalue weighted by atomic mass is 10.1. The van der Waals surface area contributed by atoms with Gasteiger partial charge in [0.15, 0.2) is 0 Å². The lowest BCUT2D eigenvalue weighted by Gasteiger charge is -2.29. The van der Waals surface area contributed by atoms with Crippen molar-refractivity contribution in [1.29, 1.82) is 0 Å². The van der Waals surface area contributed by atoms with E-state index >= 15 is 0 Å². The topological polar surface area (TPSA) is 41.4 Å². The Hall–Kier alpha value is -2.66. The standard InChI is InChI=1S/C23H28N4O/c1-18-21-8-4-5-9-22(21)23(28)27(24-18)17-25(2)16-19-10-12-20(13-11-19)26-14-6-3-7-15-26/h4-5,8-13H,3,6-7,14-17H2,1-2H3. The number of fused-ring (bicyclic) bond motifs is 1. The number of benzene rings is 2. The van der Waals surface area contributed by atoms with E-state index in [1.165, 1.54) is 30.5 Å².